The Morgan fingerprint density at radius 3 is 0.594 bits per heavy atom. The van der Waals surface area contributed by atoms with Crippen molar-refractivity contribution < 1.29 is 0 Å². The average Bonchev–Trinajstić information content (AvgIpc) is 2.80. The van der Waals surface area contributed by atoms with Crippen molar-refractivity contribution in [3.63, 3.8) is 0 Å². The summed E-state index contributed by atoms with van der Waals surface area (Å²) < 4.78 is 3.68. The number of nitrogens with zero attached hydrogens (tertiary/aromatic N) is 4. The molecule has 0 amide bonds. The zero-order valence-corrected chi connectivity index (χ0v) is 27.2. The second-order valence-electron chi connectivity index (χ2n) is 6.09. The minimum atomic E-state index is 0.921. The maximum Gasteiger partial charge on any atom is 0.147 e. The van der Waals surface area contributed by atoms with E-state index >= 15 is 0 Å². The molecular weight excluding hydrogens is 553 g/mol. The van der Waals surface area contributed by atoms with Crippen molar-refractivity contribution >= 4 is 109 Å². The fourth-order valence-corrected chi connectivity index (χ4v) is 8.40. The lowest BCUT2D eigenvalue weighted by Crippen LogP contribution is -2.28. The van der Waals surface area contributed by atoms with Crippen LogP contribution in [0.5, 0.6) is 0 Å². The van der Waals surface area contributed by atoms with E-state index in [1.54, 1.807) is 43.2 Å². The Hall–Kier alpha value is 0.960. The smallest absolute Gasteiger partial charge is 0.147 e. The number of rotatable bonds is 8. The van der Waals surface area contributed by atoms with Crippen LogP contribution >= 0.6 is 92.0 Å². The molecule has 0 saturated carbocycles. The highest BCUT2D eigenvalue weighted by Crippen LogP contribution is 2.29. The molecule has 0 aliphatic heterocycles. The molecule has 0 atom stereocenters. The lowest BCUT2D eigenvalue weighted by molar-refractivity contribution is 0.482. The number of hydrogen-bond donors (Lipinski definition) is 0. The SMILES string of the molecule is CCN(CC)C(=S)SSC(=S)N(CC)CC.CCN(CC)C(=S)SSC(=S)N(CC)CC. The largest absolute Gasteiger partial charge is 0.357 e. The van der Waals surface area contributed by atoms with Gasteiger partial charge in [-0.1, -0.05) is 48.9 Å². The highest BCUT2D eigenvalue weighted by molar-refractivity contribution is 8.90. The minimum absolute atomic E-state index is 0.921. The van der Waals surface area contributed by atoms with Gasteiger partial charge >= 0.3 is 0 Å². The molecule has 0 fully saturated rings. The third kappa shape index (κ3) is 15.1. The van der Waals surface area contributed by atoms with Crippen molar-refractivity contribution in [3.05, 3.63) is 0 Å². The monoisotopic (exact) mass is 592 g/mol. The molecule has 188 valence electrons. The molecule has 0 aliphatic rings. The van der Waals surface area contributed by atoms with Gasteiger partial charge in [-0.15, -0.1) is 0 Å². The second kappa shape index (κ2) is 22.4. The van der Waals surface area contributed by atoms with Gasteiger partial charge in [0.05, 0.1) is 0 Å². The van der Waals surface area contributed by atoms with E-state index in [-0.39, 0.29) is 0 Å². The molecule has 4 nitrogen and oxygen atoms in total. The molecule has 0 aromatic rings. The molecule has 0 radical (unpaired) electrons. The van der Waals surface area contributed by atoms with Crippen molar-refractivity contribution in [2.45, 2.75) is 55.4 Å². The lowest BCUT2D eigenvalue weighted by atomic mass is 10.6. The zero-order valence-electron chi connectivity index (χ0n) is 20.7. The highest BCUT2D eigenvalue weighted by atomic mass is 33.1. The standard InChI is InChI=1S/2C10H20N2S4/c2*1-5-11(6-2)9(13)15-16-10(14)12(7-3)8-4/h2*5-8H2,1-4H3. The topological polar surface area (TPSA) is 13.0 Å². The summed E-state index contributed by atoms with van der Waals surface area (Å²) in [7, 11) is 6.37. The third-order valence-corrected chi connectivity index (χ3v) is 11.9. The van der Waals surface area contributed by atoms with E-state index < -0.39 is 0 Å². The van der Waals surface area contributed by atoms with Crippen molar-refractivity contribution in [3.8, 4) is 0 Å². The number of hydrogen-bond acceptors (Lipinski definition) is 8. The quantitative estimate of drug-likeness (QED) is 0.208. The summed E-state index contributed by atoms with van der Waals surface area (Å²) in [5, 5.41) is 0. The number of thiocarbonyl (C=S) groups is 4. The summed E-state index contributed by atoms with van der Waals surface area (Å²) in [5.41, 5.74) is 0. The molecule has 0 aromatic heterocycles. The predicted octanol–water partition coefficient (Wildman–Crippen LogP) is 7.24. The van der Waals surface area contributed by atoms with Gasteiger partial charge in [0, 0.05) is 52.4 Å². The van der Waals surface area contributed by atoms with Gasteiger partial charge in [0.1, 0.15) is 17.3 Å². The Morgan fingerprint density at radius 1 is 0.375 bits per heavy atom. The Labute approximate surface area is 234 Å². The first kappa shape index (κ1) is 35.1. The normalized spacial score (nSPS) is 10.0. The van der Waals surface area contributed by atoms with E-state index in [9.17, 15) is 0 Å². The summed E-state index contributed by atoms with van der Waals surface area (Å²) in [6.45, 7) is 24.6. The predicted molar refractivity (Wildman–Crippen MR) is 172 cm³/mol. The van der Waals surface area contributed by atoms with Crippen molar-refractivity contribution in [1.82, 2.24) is 19.6 Å². The summed E-state index contributed by atoms with van der Waals surface area (Å²) >= 11 is 21.4. The Balaban J connectivity index is 0. The van der Waals surface area contributed by atoms with Gasteiger partial charge in [0.15, 0.2) is 0 Å². The van der Waals surface area contributed by atoms with Crippen LogP contribution < -0.4 is 0 Å². The average molecular weight is 593 g/mol. The van der Waals surface area contributed by atoms with Crippen LogP contribution in [0.1, 0.15) is 55.4 Å². The Bertz CT molecular complexity index is 450. The summed E-state index contributed by atoms with van der Waals surface area (Å²) in [5.74, 6) is 0. The van der Waals surface area contributed by atoms with Gasteiger partial charge in [0.25, 0.3) is 0 Å². The first-order valence-electron chi connectivity index (χ1n) is 11.0. The molecule has 0 saturated heterocycles. The van der Waals surface area contributed by atoms with Crippen LogP contribution in [0.2, 0.25) is 0 Å². The van der Waals surface area contributed by atoms with Gasteiger partial charge in [-0.3, -0.25) is 0 Å². The second-order valence-corrected chi connectivity index (χ2v) is 12.9. The van der Waals surface area contributed by atoms with Gasteiger partial charge < -0.3 is 19.6 Å². The molecule has 0 bridgehead atoms. The van der Waals surface area contributed by atoms with E-state index in [1.165, 1.54) is 0 Å². The molecule has 0 spiro atoms. The summed E-state index contributed by atoms with van der Waals surface area (Å²) in [6, 6.07) is 0. The molecule has 0 aliphatic carbocycles. The Kier molecular flexibility index (Phi) is 24.6. The minimum Gasteiger partial charge on any atom is -0.357 e. The van der Waals surface area contributed by atoms with Crippen LogP contribution in [0, 0.1) is 0 Å². The maximum absolute atomic E-state index is 5.34. The van der Waals surface area contributed by atoms with E-state index in [4.69, 9.17) is 48.9 Å². The van der Waals surface area contributed by atoms with Gasteiger partial charge in [-0.05, 0) is 98.6 Å². The van der Waals surface area contributed by atoms with Crippen LogP contribution in [0.4, 0.5) is 0 Å². The molecule has 0 N–H and O–H groups in total. The molecule has 0 unspecified atom stereocenters. The summed E-state index contributed by atoms with van der Waals surface area (Å²) in [6.07, 6.45) is 0. The fourth-order valence-electron chi connectivity index (χ4n) is 2.28. The van der Waals surface area contributed by atoms with Crippen molar-refractivity contribution in [2.75, 3.05) is 52.4 Å². The van der Waals surface area contributed by atoms with Crippen LogP contribution in [-0.2, 0) is 0 Å². The van der Waals surface area contributed by atoms with E-state index in [0.29, 0.717) is 0 Å². The van der Waals surface area contributed by atoms with Gasteiger partial charge in [0.2, 0.25) is 0 Å². The van der Waals surface area contributed by atoms with E-state index in [2.05, 4.69) is 75.0 Å². The van der Waals surface area contributed by atoms with Crippen molar-refractivity contribution in [1.29, 1.82) is 0 Å². The van der Waals surface area contributed by atoms with Crippen molar-refractivity contribution in [2.24, 2.45) is 0 Å². The van der Waals surface area contributed by atoms with Crippen LogP contribution in [-0.4, -0.2) is 89.2 Å². The van der Waals surface area contributed by atoms with Crippen LogP contribution in [0.3, 0.4) is 0 Å². The van der Waals surface area contributed by atoms with E-state index in [1.807, 2.05) is 0 Å². The first-order chi connectivity index (χ1) is 15.2. The van der Waals surface area contributed by atoms with Gasteiger partial charge in [-0.25, -0.2) is 0 Å². The zero-order chi connectivity index (χ0) is 25.1. The molecule has 12 heteroatoms. The van der Waals surface area contributed by atoms with Crippen LogP contribution in [0.25, 0.3) is 0 Å². The molecule has 0 aromatic carbocycles. The fraction of sp³-hybridized carbons (Fsp3) is 0.800. The molecule has 0 rings (SSSR count). The molecule has 0 heterocycles. The first-order valence-corrected chi connectivity index (χ1v) is 17.0. The molecular formula is C20H40N4S8. The molecule has 32 heavy (non-hydrogen) atoms. The third-order valence-electron chi connectivity index (χ3n) is 4.46. The van der Waals surface area contributed by atoms with Gasteiger partial charge in [-0.2, -0.15) is 0 Å². The lowest BCUT2D eigenvalue weighted by Gasteiger charge is -2.23. The summed E-state index contributed by atoms with van der Waals surface area (Å²) in [4.78, 5) is 8.66. The maximum atomic E-state index is 5.34. The van der Waals surface area contributed by atoms with E-state index in [0.717, 1.165) is 69.6 Å². The highest BCUT2D eigenvalue weighted by Gasteiger charge is 2.12. The van der Waals surface area contributed by atoms with Crippen LogP contribution in [0.15, 0.2) is 0 Å². The Morgan fingerprint density at radius 2 is 0.500 bits per heavy atom.